The highest BCUT2D eigenvalue weighted by Crippen LogP contribution is 2.29. The van der Waals surface area contributed by atoms with Crippen LogP contribution in [0.4, 0.5) is 0 Å². The van der Waals surface area contributed by atoms with Gasteiger partial charge in [0.1, 0.15) is 6.10 Å². The Balaban J connectivity index is 2.01. The van der Waals surface area contributed by atoms with Crippen LogP contribution in [0.25, 0.3) is 0 Å². The number of aliphatic hydroxyl groups excluding tert-OH is 1. The normalized spacial score (nSPS) is 12.6. The molecule has 1 N–H and O–H groups in total. The first-order valence-corrected chi connectivity index (χ1v) is 8.12. The molecule has 2 rings (SSSR count). The van der Waals surface area contributed by atoms with Crippen molar-refractivity contribution in [3.8, 4) is 0 Å². The molecule has 0 saturated heterocycles. The summed E-state index contributed by atoms with van der Waals surface area (Å²) in [5.41, 5.74) is 0.621. The van der Waals surface area contributed by atoms with Crippen LogP contribution in [0.2, 0.25) is 10.0 Å². The molecule has 0 amide bonds. The van der Waals surface area contributed by atoms with Crippen molar-refractivity contribution >= 4 is 35.0 Å². The van der Waals surface area contributed by atoms with Crippen molar-refractivity contribution in [3.63, 3.8) is 0 Å². The fourth-order valence-electron chi connectivity index (χ4n) is 1.84. The largest absolute Gasteiger partial charge is 0.386 e. The lowest BCUT2D eigenvalue weighted by molar-refractivity contribution is 0.166. The highest BCUT2D eigenvalue weighted by Gasteiger charge is 2.18. The number of aliphatic hydroxyl groups is 1. The Morgan fingerprint density at radius 2 is 2.05 bits per heavy atom. The van der Waals surface area contributed by atoms with Crippen LogP contribution in [0.5, 0.6) is 0 Å². The van der Waals surface area contributed by atoms with Gasteiger partial charge in [0.25, 0.3) is 0 Å². The summed E-state index contributed by atoms with van der Waals surface area (Å²) >= 11 is 13.5. The van der Waals surface area contributed by atoms with E-state index in [1.54, 1.807) is 18.0 Å². The monoisotopic (exact) mass is 346 g/mol. The first-order chi connectivity index (χ1) is 10.1. The van der Waals surface area contributed by atoms with Crippen LogP contribution in [-0.2, 0) is 11.3 Å². The molecule has 0 bridgehead atoms. The predicted molar refractivity (Wildman–Crippen MR) is 86.2 cm³/mol. The molecule has 114 valence electrons. The van der Waals surface area contributed by atoms with Gasteiger partial charge in [-0.1, -0.05) is 23.2 Å². The SMILES string of the molecule is COCCn1ncc(Cl)c1C(O)CSc1ccc(Cl)cc1. The van der Waals surface area contributed by atoms with Crippen LogP contribution >= 0.6 is 35.0 Å². The van der Waals surface area contributed by atoms with E-state index in [9.17, 15) is 5.11 Å². The van der Waals surface area contributed by atoms with E-state index in [2.05, 4.69) is 5.10 Å². The van der Waals surface area contributed by atoms with Crippen LogP contribution in [0.15, 0.2) is 35.4 Å². The van der Waals surface area contributed by atoms with Crippen molar-refractivity contribution < 1.29 is 9.84 Å². The van der Waals surface area contributed by atoms with Gasteiger partial charge >= 0.3 is 0 Å². The quantitative estimate of drug-likeness (QED) is 0.777. The van der Waals surface area contributed by atoms with Crippen molar-refractivity contribution in [3.05, 3.63) is 46.2 Å². The zero-order valence-corrected chi connectivity index (χ0v) is 13.8. The average Bonchev–Trinajstić information content (AvgIpc) is 2.85. The molecule has 4 nitrogen and oxygen atoms in total. The standard InChI is InChI=1S/C14H16Cl2N2O2S/c1-20-7-6-18-14(12(16)8-17-18)13(19)9-21-11-4-2-10(15)3-5-11/h2-5,8,13,19H,6-7,9H2,1H3. The molecular weight excluding hydrogens is 331 g/mol. The fourth-order valence-corrected chi connectivity index (χ4v) is 3.07. The fraction of sp³-hybridized carbons (Fsp3) is 0.357. The molecule has 1 aromatic carbocycles. The van der Waals surface area contributed by atoms with Crippen LogP contribution < -0.4 is 0 Å². The number of methoxy groups -OCH3 is 1. The maximum Gasteiger partial charge on any atom is 0.106 e. The van der Waals surface area contributed by atoms with E-state index in [4.69, 9.17) is 27.9 Å². The van der Waals surface area contributed by atoms with Crippen LogP contribution in [0.1, 0.15) is 11.8 Å². The molecule has 1 heterocycles. The van der Waals surface area contributed by atoms with Gasteiger partial charge in [0.2, 0.25) is 0 Å². The lowest BCUT2D eigenvalue weighted by Crippen LogP contribution is -2.14. The topological polar surface area (TPSA) is 47.3 Å². The van der Waals surface area contributed by atoms with E-state index in [1.807, 2.05) is 24.3 Å². The summed E-state index contributed by atoms with van der Waals surface area (Å²) in [5, 5.41) is 15.7. The molecule has 21 heavy (non-hydrogen) atoms. The molecule has 0 aliphatic heterocycles. The van der Waals surface area contributed by atoms with Gasteiger partial charge < -0.3 is 9.84 Å². The van der Waals surface area contributed by atoms with Gasteiger partial charge in [-0.3, -0.25) is 4.68 Å². The van der Waals surface area contributed by atoms with Gasteiger partial charge in [-0.25, -0.2) is 0 Å². The van der Waals surface area contributed by atoms with Crippen LogP contribution in [0, 0.1) is 0 Å². The predicted octanol–water partition coefficient (Wildman–Crippen LogP) is 3.66. The van der Waals surface area contributed by atoms with E-state index < -0.39 is 6.10 Å². The molecule has 1 atom stereocenters. The molecular formula is C14H16Cl2N2O2S. The molecule has 2 aromatic rings. The van der Waals surface area contributed by atoms with Crippen molar-refractivity contribution in [2.75, 3.05) is 19.5 Å². The summed E-state index contributed by atoms with van der Waals surface area (Å²) in [6.07, 6.45) is 0.848. The van der Waals surface area contributed by atoms with Gasteiger partial charge in [-0.2, -0.15) is 5.10 Å². The number of aromatic nitrogens is 2. The summed E-state index contributed by atoms with van der Waals surface area (Å²) in [7, 11) is 1.62. The van der Waals surface area contributed by atoms with E-state index in [0.29, 0.717) is 34.6 Å². The average molecular weight is 347 g/mol. The third kappa shape index (κ3) is 4.63. The molecule has 0 spiro atoms. The van der Waals surface area contributed by atoms with Crippen molar-refractivity contribution in [2.24, 2.45) is 0 Å². The molecule has 7 heteroatoms. The third-order valence-electron chi connectivity index (χ3n) is 2.88. The Morgan fingerprint density at radius 3 is 2.71 bits per heavy atom. The van der Waals surface area contributed by atoms with Crippen LogP contribution in [0.3, 0.4) is 0 Å². The minimum atomic E-state index is -0.697. The lowest BCUT2D eigenvalue weighted by atomic mass is 10.3. The number of ether oxygens (including phenoxy) is 1. The van der Waals surface area contributed by atoms with Gasteiger partial charge in [-0.05, 0) is 24.3 Å². The molecule has 0 fully saturated rings. The Labute approximate surface area is 138 Å². The zero-order chi connectivity index (χ0) is 15.2. The summed E-state index contributed by atoms with van der Waals surface area (Å²) in [6, 6.07) is 7.49. The maximum atomic E-state index is 10.4. The Hall–Kier alpha value is -0.720. The summed E-state index contributed by atoms with van der Waals surface area (Å²) in [4.78, 5) is 1.04. The Kier molecular flexibility index (Phi) is 6.39. The van der Waals surface area contributed by atoms with E-state index in [-0.39, 0.29) is 0 Å². The highest BCUT2D eigenvalue weighted by atomic mass is 35.5. The highest BCUT2D eigenvalue weighted by molar-refractivity contribution is 7.99. The van der Waals surface area contributed by atoms with E-state index in [0.717, 1.165) is 4.90 Å². The molecule has 1 aromatic heterocycles. The summed E-state index contributed by atoms with van der Waals surface area (Å²) < 4.78 is 6.71. The number of nitrogens with zero attached hydrogens (tertiary/aromatic N) is 2. The molecule has 0 saturated carbocycles. The molecule has 0 aliphatic rings. The second-order valence-corrected chi connectivity index (χ2v) is 6.31. The number of halogens is 2. The number of hydrogen-bond donors (Lipinski definition) is 1. The van der Waals surface area contributed by atoms with Gasteiger partial charge in [-0.15, -0.1) is 11.8 Å². The number of thioether (sulfide) groups is 1. The first-order valence-electron chi connectivity index (χ1n) is 6.38. The van der Waals surface area contributed by atoms with Gasteiger partial charge in [0, 0.05) is 22.8 Å². The Morgan fingerprint density at radius 1 is 1.33 bits per heavy atom. The minimum Gasteiger partial charge on any atom is -0.386 e. The van der Waals surface area contributed by atoms with Crippen molar-refractivity contribution in [1.82, 2.24) is 9.78 Å². The summed E-state index contributed by atoms with van der Waals surface area (Å²) in [6.45, 7) is 1.07. The summed E-state index contributed by atoms with van der Waals surface area (Å²) in [5.74, 6) is 0.486. The Bertz CT molecular complexity index is 575. The second kappa shape index (κ2) is 8.06. The number of benzene rings is 1. The first kappa shape index (κ1) is 16.6. The smallest absolute Gasteiger partial charge is 0.106 e. The third-order valence-corrected chi connectivity index (χ3v) is 4.51. The van der Waals surface area contributed by atoms with Crippen LogP contribution in [-0.4, -0.2) is 34.4 Å². The lowest BCUT2D eigenvalue weighted by Gasteiger charge is -2.14. The molecule has 0 aliphatic carbocycles. The number of hydrogen-bond acceptors (Lipinski definition) is 4. The number of rotatable bonds is 7. The van der Waals surface area contributed by atoms with Crippen molar-refractivity contribution in [1.29, 1.82) is 0 Å². The molecule has 0 radical (unpaired) electrons. The van der Waals surface area contributed by atoms with E-state index >= 15 is 0 Å². The van der Waals surface area contributed by atoms with Gasteiger partial charge in [0.15, 0.2) is 0 Å². The molecule has 1 unspecified atom stereocenters. The van der Waals surface area contributed by atoms with Gasteiger partial charge in [0.05, 0.1) is 30.1 Å². The minimum absolute atomic E-state index is 0.468. The maximum absolute atomic E-state index is 10.4. The van der Waals surface area contributed by atoms with Crippen molar-refractivity contribution in [2.45, 2.75) is 17.5 Å². The van der Waals surface area contributed by atoms with E-state index in [1.165, 1.54) is 11.8 Å². The second-order valence-electron chi connectivity index (χ2n) is 4.37. The zero-order valence-electron chi connectivity index (χ0n) is 11.5.